The zero-order valence-electron chi connectivity index (χ0n) is 11.4. The molecule has 0 aromatic heterocycles. The van der Waals surface area contributed by atoms with Gasteiger partial charge in [0.05, 0.1) is 12.3 Å². The molecular weight excluding hydrogens is 261 g/mol. The molecule has 0 spiro atoms. The van der Waals surface area contributed by atoms with Crippen LogP contribution in [0.25, 0.3) is 0 Å². The first-order valence-corrected chi connectivity index (χ1v) is 6.71. The lowest BCUT2D eigenvalue weighted by Gasteiger charge is -2.34. The molecule has 1 N–H and O–H groups in total. The number of benzene rings is 1. The number of hydrogen-bond donors (Lipinski definition) is 1. The number of carbonyl (C=O) groups is 2. The first-order valence-electron chi connectivity index (χ1n) is 6.71. The van der Waals surface area contributed by atoms with Gasteiger partial charge in [-0.25, -0.2) is 4.39 Å². The molecule has 1 aliphatic heterocycles. The van der Waals surface area contributed by atoms with Gasteiger partial charge >= 0.3 is 5.97 Å². The molecule has 4 nitrogen and oxygen atoms in total. The number of carboxylic acids is 1. The van der Waals surface area contributed by atoms with Crippen LogP contribution >= 0.6 is 0 Å². The number of hydrogen-bond acceptors (Lipinski definition) is 2. The molecule has 1 aromatic carbocycles. The van der Waals surface area contributed by atoms with Gasteiger partial charge in [0.15, 0.2) is 0 Å². The van der Waals surface area contributed by atoms with Crippen molar-refractivity contribution in [2.24, 2.45) is 11.8 Å². The average Bonchev–Trinajstić information content (AvgIpc) is 2.40. The first kappa shape index (κ1) is 14.5. The summed E-state index contributed by atoms with van der Waals surface area (Å²) in [5, 5.41) is 9.09. The lowest BCUT2D eigenvalue weighted by molar-refractivity contribution is -0.146. The summed E-state index contributed by atoms with van der Waals surface area (Å²) in [6.45, 7) is 2.68. The van der Waals surface area contributed by atoms with Gasteiger partial charge in [0.25, 0.3) is 0 Å². The maximum atomic E-state index is 13.5. The number of rotatable bonds is 3. The highest BCUT2D eigenvalue weighted by molar-refractivity contribution is 5.80. The van der Waals surface area contributed by atoms with E-state index in [4.69, 9.17) is 5.11 Å². The molecule has 1 aliphatic rings. The van der Waals surface area contributed by atoms with Crippen LogP contribution in [0.4, 0.5) is 4.39 Å². The van der Waals surface area contributed by atoms with Crippen LogP contribution in [0.15, 0.2) is 24.3 Å². The number of nitrogens with zero attached hydrogens (tertiary/aromatic N) is 1. The van der Waals surface area contributed by atoms with Crippen LogP contribution in [-0.4, -0.2) is 35.0 Å². The van der Waals surface area contributed by atoms with Crippen molar-refractivity contribution in [1.82, 2.24) is 4.90 Å². The smallest absolute Gasteiger partial charge is 0.308 e. The van der Waals surface area contributed by atoms with E-state index < -0.39 is 17.7 Å². The second-order valence-electron chi connectivity index (χ2n) is 5.44. The van der Waals surface area contributed by atoms with Crippen molar-refractivity contribution in [1.29, 1.82) is 0 Å². The van der Waals surface area contributed by atoms with Gasteiger partial charge in [0.2, 0.25) is 5.91 Å². The van der Waals surface area contributed by atoms with Crippen molar-refractivity contribution in [2.75, 3.05) is 13.1 Å². The standard InChI is InChI=1S/C15H18FNO3/c1-10-6-12(15(19)20)9-17(8-10)14(18)7-11-4-2-3-5-13(11)16/h2-5,10,12H,6-9H2,1H3,(H,19,20). The number of piperidine rings is 1. The molecule has 2 atom stereocenters. The van der Waals surface area contributed by atoms with Crippen molar-refractivity contribution in [2.45, 2.75) is 19.8 Å². The van der Waals surface area contributed by atoms with E-state index in [2.05, 4.69) is 0 Å². The molecule has 2 rings (SSSR count). The summed E-state index contributed by atoms with van der Waals surface area (Å²) in [5.74, 6) is -1.87. The van der Waals surface area contributed by atoms with Crippen LogP contribution in [0.3, 0.4) is 0 Å². The molecule has 2 unspecified atom stereocenters. The zero-order chi connectivity index (χ0) is 14.7. The second kappa shape index (κ2) is 6.03. The normalized spacial score (nSPS) is 22.6. The molecule has 1 aromatic rings. The molecule has 1 fully saturated rings. The van der Waals surface area contributed by atoms with Gasteiger partial charge in [-0.3, -0.25) is 9.59 Å². The molecule has 1 heterocycles. The van der Waals surface area contributed by atoms with Gasteiger partial charge < -0.3 is 10.0 Å². The van der Waals surface area contributed by atoms with E-state index in [0.29, 0.717) is 18.5 Å². The average molecular weight is 279 g/mol. The van der Waals surface area contributed by atoms with Gasteiger partial charge in [-0.1, -0.05) is 25.1 Å². The van der Waals surface area contributed by atoms with Crippen LogP contribution in [0, 0.1) is 17.7 Å². The molecule has 20 heavy (non-hydrogen) atoms. The monoisotopic (exact) mass is 279 g/mol. The van der Waals surface area contributed by atoms with Gasteiger partial charge in [-0.05, 0) is 24.0 Å². The van der Waals surface area contributed by atoms with Crippen LogP contribution < -0.4 is 0 Å². The van der Waals surface area contributed by atoms with E-state index in [1.165, 1.54) is 6.07 Å². The Hall–Kier alpha value is -1.91. The van der Waals surface area contributed by atoms with Crippen molar-refractivity contribution < 1.29 is 19.1 Å². The highest BCUT2D eigenvalue weighted by Gasteiger charge is 2.31. The molecule has 0 aliphatic carbocycles. The van der Waals surface area contributed by atoms with Crippen LogP contribution in [0.2, 0.25) is 0 Å². The highest BCUT2D eigenvalue weighted by atomic mass is 19.1. The molecule has 5 heteroatoms. The molecule has 1 saturated heterocycles. The summed E-state index contributed by atoms with van der Waals surface area (Å²) >= 11 is 0. The minimum absolute atomic E-state index is 0.0221. The lowest BCUT2D eigenvalue weighted by Crippen LogP contribution is -2.46. The fourth-order valence-corrected chi connectivity index (χ4v) is 2.65. The van der Waals surface area contributed by atoms with E-state index in [1.807, 2.05) is 6.92 Å². The Kier molecular flexibility index (Phi) is 4.37. The Labute approximate surface area is 117 Å². The number of amides is 1. The van der Waals surface area contributed by atoms with E-state index >= 15 is 0 Å². The summed E-state index contributed by atoms with van der Waals surface area (Å²) in [5.41, 5.74) is 0.350. The van der Waals surface area contributed by atoms with E-state index in [1.54, 1.807) is 23.1 Å². The molecule has 0 bridgehead atoms. The molecule has 108 valence electrons. The third-order valence-electron chi connectivity index (χ3n) is 3.66. The van der Waals surface area contributed by atoms with Crippen molar-refractivity contribution in [3.05, 3.63) is 35.6 Å². The minimum atomic E-state index is -0.875. The third kappa shape index (κ3) is 3.35. The minimum Gasteiger partial charge on any atom is -0.481 e. The Balaban J connectivity index is 2.05. The van der Waals surface area contributed by atoms with Crippen molar-refractivity contribution in [3.8, 4) is 0 Å². The van der Waals surface area contributed by atoms with Crippen LogP contribution in [0.1, 0.15) is 18.9 Å². The van der Waals surface area contributed by atoms with Crippen LogP contribution in [0.5, 0.6) is 0 Å². The zero-order valence-corrected chi connectivity index (χ0v) is 11.4. The van der Waals surface area contributed by atoms with Gasteiger partial charge in [-0.2, -0.15) is 0 Å². The van der Waals surface area contributed by atoms with Crippen molar-refractivity contribution in [3.63, 3.8) is 0 Å². The highest BCUT2D eigenvalue weighted by Crippen LogP contribution is 2.22. The second-order valence-corrected chi connectivity index (χ2v) is 5.44. The first-order chi connectivity index (χ1) is 9.47. The Bertz CT molecular complexity index is 518. The Morgan fingerprint density at radius 3 is 2.70 bits per heavy atom. The summed E-state index contributed by atoms with van der Waals surface area (Å²) in [4.78, 5) is 24.8. The van der Waals surface area contributed by atoms with E-state index in [9.17, 15) is 14.0 Å². The number of halogens is 1. The van der Waals surface area contributed by atoms with Gasteiger partial charge in [-0.15, -0.1) is 0 Å². The molecule has 1 amide bonds. The Morgan fingerprint density at radius 2 is 2.05 bits per heavy atom. The number of carboxylic acid groups (broad SMARTS) is 1. The van der Waals surface area contributed by atoms with Crippen molar-refractivity contribution >= 4 is 11.9 Å². The Morgan fingerprint density at radius 1 is 1.35 bits per heavy atom. The number of aliphatic carboxylic acids is 1. The van der Waals surface area contributed by atoms with Gasteiger partial charge in [0, 0.05) is 13.1 Å². The lowest BCUT2D eigenvalue weighted by atomic mass is 9.90. The van der Waals surface area contributed by atoms with Gasteiger partial charge in [0.1, 0.15) is 5.82 Å². The maximum Gasteiger partial charge on any atom is 0.308 e. The molecule has 0 radical (unpaired) electrons. The fraction of sp³-hybridized carbons (Fsp3) is 0.467. The predicted molar refractivity (Wildman–Crippen MR) is 71.6 cm³/mol. The number of likely N-dealkylation sites (tertiary alicyclic amines) is 1. The SMILES string of the molecule is CC1CC(C(=O)O)CN(C(=O)Cc2ccccc2F)C1. The number of carbonyl (C=O) groups excluding carboxylic acids is 1. The quantitative estimate of drug-likeness (QED) is 0.920. The topological polar surface area (TPSA) is 57.6 Å². The maximum absolute atomic E-state index is 13.5. The largest absolute Gasteiger partial charge is 0.481 e. The summed E-state index contributed by atoms with van der Waals surface area (Å²) < 4.78 is 13.5. The summed E-state index contributed by atoms with van der Waals surface area (Å²) in [6.07, 6.45) is 0.560. The van der Waals surface area contributed by atoms with E-state index in [0.717, 1.165) is 0 Å². The molecular formula is C15H18FNO3. The summed E-state index contributed by atoms with van der Waals surface area (Å²) in [7, 11) is 0. The summed E-state index contributed by atoms with van der Waals surface area (Å²) in [6, 6.07) is 6.16. The van der Waals surface area contributed by atoms with E-state index in [-0.39, 0.29) is 24.8 Å². The predicted octanol–water partition coefficient (Wildman–Crippen LogP) is 1.94. The van der Waals surface area contributed by atoms with Crippen LogP contribution in [-0.2, 0) is 16.0 Å². The fourth-order valence-electron chi connectivity index (χ4n) is 2.65. The molecule has 0 saturated carbocycles. The third-order valence-corrected chi connectivity index (χ3v) is 3.66.